The van der Waals surface area contributed by atoms with Crippen molar-refractivity contribution in [1.82, 2.24) is 0 Å². The average molecular weight is 251 g/mol. The highest BCUT2D eigenvalue weighted by Gasteiger charge is 2.09. The van der Waals surface area contributed by atoms with Crippen molar-refractivity contribution < 1.29 is 9.50 Å². The van der Waals surface area contributed by atoms with Gasteiger partial charge in [-0.05, 0) is 36.1 Å². The number of aliphatic hydroxyl groups excluding tert-OH is 1. The van der Waals surface area contributed by atoms with Gasteiger partial charge in [0.25, 0.3) is 0 Å². The van der Waals surface area contributed by atoms with Gasteiger partial charge >= 0.3 is 0 Å². The van der Waals surface area contributed by atoms with Gasteiger partial charge < -0.3 is 10.4 Å². The second-order valence-corrected chi connectivity index (χ2v) is 4.87. The van der Waals surface area contributed by atoms with Crippen LogP contribution in [0.4, 0.5) is 10.1 Å². The molecule has 1 unspecified atom stereocenters. The highest BCUT2D eigenvalue weighted by molar-refractivity contribution is 7.10. The van der Waals surface area contributed by atoms with Crippen molar-refractivity contribution in [3.8, 4) is 0 Å². The molecular formula is C13H14FNOS. The van der Waals surface area contributed by atoms with Gasteiger partial charge in [0, 0.05) is 11.4 Å². The molecule has 0 aliphatic rings. The molecular weight excluding hydrogens is 237 g/mol. The lowest BCUT2D eigenvalue weighted by Crippen LogP contribution is -2.12. The Kier molecular flexibility index (Phi) is 3.76. The largest absolute Gasteiger partial charge is 0.386 e. The summed E-state index contributed by atoms with van der Waals surface area (Å²) in [5.74, 6) is -0.297. The molecule has 0 amide bonds. The fourth-order valence-electron chi connectivity index (χ4n) is 1.56. The quantitative estimate of drug-likeness (QED) is 0.873. The lowest BCUT2D eigenvalue weighted by atomic mass is 10.2. The SMILES string of the molecule is Cc1ccc(F)c(NCC(O)c2cccs2)c1. The zero-order valence-electron chi connectivity index (χ0n) is 9.48. The molecule has 90 valence electrons. The van der Waals surface area contributed by atoms with Gasteiger partial charge in [-0.2, -0.15) is 0 Å². The molecule has 0 saturated heterocycles. The van der Waals surface area contributed by atoms with Gasteiger partial charge in [-0.1, -0.05) is 12.1 Å². The van der Waals surface area contributed by atoms with Gasteiger partial charge in [0.15, 0.2) is 0 Å². The van der Waals surface area contributed by atoms with Crippen LogP contribution < -0.4 is 5.32 Å². The molecule has 0 aliphatic heterocycles. The highest BCUT2D eigenvalue weighted by Crippen LogP contribution is 2.21. The second kappa shape index (κ2) is 5.29. The standard InChI is InChI=1S/C13H14FNOS/c1-9-4-5-10(14)11(7-9)15-8-12(16)13-3-2-6-17-13/h2-7,12,15-16H,8H2,1H3. The van der Waals surface area contributed by atoms with Gasteiger partial charge in [-0.3, -0.25) is 0 Å². The van der Waals surface area contributed by atoms with E-state index in [1.165, 1.54) is 17.4 Å². The first-order valence-electron chi connectivity index (χ1n) is 5.38. The van der Waals surface area contributed by atoms with Gasteiger partial charge in [-0.25, -0.2) is 4.39 Å². The van der Waals surface area contributed by atoms with Crippen molar-refractivity contribution in [3.63, 3.8) is 0 Å². The molecule has 0 saturated carbocycles. The molecule has 1 aromatic heterocycles. The first-order valence-corrected chi connectivity index (χ1v) is 6.26. The van der Waals surface area contributed by atoms with E-state index >= 15 is 0 Å². The third-order valence-electron chi connectivity index (χ3n) is 2.48. The van der Waals surface area contributed by atoms with Crippen LogP contribution in [-0.4, -0.2) is 11.7 Å². The molecule has 1 heterocycles. The summed E-state index contributed by atoms with van der Waals surface area (Å²) in [6, 6.07) is 8.63. The van der Waals surface area contributed by atoms with Crippen molar-refractivity contribution in [3.05, 3.63) is 52.0 Å². The van der Waals surface area contributed by atoms with E-state index in [2.05, 4.69) is 5.32 Å². The molecule has 0 radical (unpaired) electrons. The molecule has 0 spiro atoms. The molecule has 0 fully saturated rings. The number of thiophene rings is 1. The number of nitrogens with one attached hydrogen (secondary N) is 1. The smallest absolute Gasteiger partial charge is 0.146 e. The van der Waals surface area contributed by atoms with Gasteiger partial charge in [0.05, 0.1) is 5.69 Å². The molecule has 4 heteroatoms. The fourth-order valence-corrected chi connectivity index (χ4v) is 2.27. The fraction of sp³-hybridized carbons (Fsp3) is 0.231. The zero-order valence-corrected chi connectivity index (χ0v) is 10.3. The van der Waals surface area contributed by atoms with E-state index in [-0.39, 0.29) is 5.82 Å². The monoisotopic (exact) mass is 251 g/mol. The summed E-state index contributed by atoms with van der Waals surface area (Å²) < 4.78 is 13.4. The second-order valence-electron chi connectivity index (χ2n) is 3.90. The molecule has 2 N–H and O–H groups in total. The maximum absolute atomic E-state index is 13.4. The normalized spacial score (nSPS) is 12.4. The third kappa shape index (κ3) is 3.05. The summed E-state index contributed by atoms with van der Waals surface area (Å²) in [5, 5.41) is 14.7. The van der Waals surface area contributed by atoms with Crippen molar-refractivity contribution in [2.24, 2.45) is 0 Å². The van der Waals surface area contributed by atoms with E-state index < -0.39 is 6.10 Å². The molecule has 2 nitrogen and oxygen atoms in total. The predicted molar refractivity (Wildman–Crippen MR) is 68.9 cm³/mol. The Morgan fingerprint density at radius 2 is 2.24 bits per heavy atom. The lowest BCUT2D eigenvalue weighted by Gasteiger charge is -2.12. The maximum atomic E-state index is 13.4. The van der Waals surface area contributed by atoms with Crippen LogP contribution in [0, 0.1) is 12.7 Å². The Bertz CT molecular complexity index is 484. The number of hydrogen-bond acceptors (Lipinski definition) is 3. The highest BCUT2D eigenvalue weighted by atomic mass is 32.1. The Morgan fingerprint density at radius 1 is 1.41 bits per heavy atom. The Hall–Kier alpha value is -1.39. The molecule has 0 aliphatic carbocycles. The van der Waals surface area contributed by atoms with E-state index in [1.54, 1.807) is 12.1 Å². The van der Waals surface area contributed by atoms with Crippen LogP contribution in [0.2, 0.25) is 0 Å². The summed E-state index contributed by atoms with van der Waals surface area (Å²) >= 11 is 1.49. The first-order chi connectivity index (χ1) is 8.16. The first kappa shape index (κ1) is 12.1. The number of aryl methyl sites for hydroxylation is 1. The molecule has 2 aromatic rings. The summed E-state index contributed by atoms with van der Waals surface area (Å²) in [4.78, 5) is 0.880. The summed E-state index contributed by atoms with van der Waals surface area (Å²) in [7, 11) is 0. The van der Waals surface area contributed by atoms with Crippen molar-refractivity contribution in [2.45, 2.75) is 13.0 Å². The van der Waals surface area contributed by atoms with Crippen molar-refractivity contribution in [2.75, 3.05) is 11.9 Å². The number of anilines is 1. The summed E-state index contributed by atoms with van der Waals surface area (Å²) in [6.45, 7) is 2.21. The minimum absolute atomic E-state index is 0.297. The minimum Gasteiger partial charge on any atom is -0.386 e. The molecule has 17 heavy (non-hydrogen) atoms. The van der Waals surface area contributed by atoms with Crippen LogP contribution in [0.1, 0.15) is 16.5 Å². The average Bonchev–Trinajstić information content (AvgIpc) is 2.83. The van der Waals surface area contributed by atoms with Crippen molar-refractivity contribution in [1.29, 1.82) is 0 Å². The predicted octanol–water partition coefficient (Wildman–Crippen LogP) is 3.34. The van der Waals surface area contributed by atoms with Crippen molar-refractivity contribution >= 4 is 17.0 Å². The van der Waals surface area contributed by atoms with Gasteiger partial charge in [0.2, 0.25) is 0 Å². The number of aliphatic hydroxyl groups is 1. The van der Waals surface area contributed by atoms with E-state index in [0.29, 0.717) is 12.2 Å². The van der Waals surface area contributed by atoms with Crippen LogP contribution in [0.5, 0.6) is 0 Å². The number of rotatable bonds is 4. The minimum atomic E-state index is -0.602. The van der Waals surface area contributed by atoms with Crippen LogP contribution in [0.3, 0.4) is 0 Å². The van der Waals surface area contributed by atoms with E-state index in [9.17, 15) is 9.50 Å². The Labute approximate surface area is 104 Å². The van der Waals surface area contributed by atoms with Crippen LogP contribution in [-0.2, 0) is 0 Å². The Morgan fingerprint density at radius 3 is 2.94 bits per heavy atom. The van der Waals surface area contributed by atoms with Crippen LogP contribution >= 0.6 is 11.3 Å². The lowest BCUT2D eigenvalue weighted by molar-refractivity contribution is 0.195. The van der Waals surface area contributed by atoms with E-state index in [0.717, 1.165) is 10.4 Å². The topological polar surface area (TPSA) is 32.3 Å². The van der Waals surface area contributed by atoms with Crippen LogP contribution in [0.15, 0.2) is 35.7 Å². The summed E-state index contributed by atoms with van der Waals surface area (Å²) in [6.07, 6.45) is -0.602. The molecule has 0 bridgehead atoms. The summed E-state index contributed by atoms with van der Waals surface area (Å²) in [5.41, 5.74) is 1.42. The van der Waals surface area contributed by atoms with E-state index in [4.69, 9.17) is 0 Å². The third-order valence-corrected chi connectivity index (χ3v) is 3.45. The number of benzene rings is 1. The van der Waals surface area contributed by atoms with Gasteiger partial charge in [-0.15, -0.1) is 11.3 Å². The molecule has 1 atom stereocenters. The number of halogens is 1. The zero-order chi connectivity index (χ0) is 12.3. The maximum Gasteiger partial charge on any atom is 0.146 e. The van der Waals surface area contributed by atoms with Gasteiger partial charge in [0.1, 0.15) is 11.9 Å². The van der Waals surface area contributed by atoms with E-state index in [1.807, 2.05) is 24.4 Å². The Balaban J connectivity index is 2.00. The molecule has 1 aromatic carbocycles. The molecule has 2 rings (SSSR count). The number of hydrogen-bond donors (Lipinski definition) is 2. The van der Waals surface area contributed by atoms with Crippen LogP contribution in [0.25, 0.3) is 0 Å².